The van der Waals surface area contributed by atoms with Crippen molar-refractivity contribution >= 4 is 18.1 Å². The van der Waals surface area contributed by atoms with Crippen LogP contribution in [0.15, 0.2) is 53.6 Å². The van der Waals surface area contributed by atoms with Crippen LogP contribution in [0.2, 0.25) is 0 Å². The highest BCUT2D eigenvalue weighted by Crippen LogP contribution is 2.16. The number of carbonyl (C=O) groups is 2. The van der Waals surface area contributed by atoms with Crippen molar-refractivity contribution < 1.29 is 19.1 Å². The van der Waals surface area contributed by atoms with Crippen LogP contribution < -0.4 is 14.9 Å². The van der Waals surface area contributed by atoms with Crippen LogP contribution in [0.3, 0.4) is 0 Å². The Hall–Kier alpha value is -3.15. The van der Waals surface area contributed by atoms with Gasteiger partial charge in [0.15, 0.2) is 0 Å². The number of carbonyl (C=O) groups excluding carboxylic acids is 2. The predicted octanol–water partition coefficient (Wildman–Crippen LogP) is 5.51. The van der Waals surface area contributed by atoms with Crippen LogP contribution in [0.5, 0.6) is 11.5 Å². The zero-order valence-electron chi connectivity index (χ0n) is 18.4. The highest BCUT2D eigenvalue weighted by molar-refractivity contribution is 5.91. The smallest absolute Gasteiger partial charge is 0.343 e. The number of unbranched alkanes of at least 4 members (excludes halogenated alkanes) is 5. The molecule has 0 radical (unpaired) electrons. The van der Waals surface area contributed by atoms with E-state index in [1.807, 2.05) is 6.92 Å². The first kappa shape index (κ1) is 24.1. The lowest BCUT2D eigenvalue weighted by atomic mass is 10.1. The molecule has 0 saturated heterocycles. The van der Waals surface area contributed by atoms with E-state index in [0.717, 1.165) is 18.4 Å². The van der Waals surface area contributed by atoms with Crippen LogP contribution in [-0.4, -0.2) is 24.7 Å². The highest BCUT2D eigenvalue weighted by atomic mass is 16.5. The van der Waals surface area contributed by atoms with Gasteiger partial charge in [-0.2, -0.15) is 5.10 Å². The summed E-state index contributed by atoms with van der Waals surface area (Å²) in [5.41, 5.74) is 3.79. The van der Waals surface area contributed by atoms with E-state index in [4.69, 9.17) is 9.47 Å². The first-order chi connectivity index (χ1) is 15.1. The lowest BCUT2D eigenvalue weighted by molar-refractivity contribution is -0.121. The fraction of sp³-hybridized carbons (Fsp3) is 0.400. The van der Waals surface area contributed by atoms with E-state index in [-0.39, 0.29) is 5.91 Å². The lowest BCUT2D eigenvalue weighted by Gasteiger charge is -2.06. The molecule has 0 heterocycles. The molecule has 0 aliphatic rings. The van der Waals surface area contributed by atoms with E-state index in [0.29, 0.717) is 30.1 Å². The Labute approximate surface area is 184 Å². The molecule has 0 saturated carbocycles. The molecule has 2 rings (SSSR count). The van der Waals surface area contributed by atoms with Gasteiger partial charge in [-0.25, -0.2) is 10.2 Å². The second kappa shape index (κ2) is 14.0. The number of hydrogen-bond acceptors (Lipinski definition) is 5. The molecule has 1 amide bonds. The summed E-state index contributed by atoms with van der Waals surface area (Å²) in [5.74, 6) is 0.629. The largest absolute Gasteiger partial charge is 0.494 e. The number of benzene rings is 2. The number of hydrogen-bond donors (Lipinski definition) is 1. The summed E-state index contributed by atoms with van der Waals surface area (Å²) in [6.45, 7) is 4.66. The molecule has 2 aromatic carbocycles. The average Bonchev–Trinajstić information content (AvgIpc) is 2.78. The molecule has 1 N–H and O–H groups in total. The van der Waals surface area contributed by atoms with Gasteiger partial charge in [-0.3, -0.25) is 4.79 Å². The van der Waals surface area contributed by atoms with Gasteiger partial charge in [0, 0.05) is 6.42 Å². The molecule has 166 valence electrons. The zero-order chi connectivity index (χ0) is 22.3. The molecule has 6 heteroatoms. The molecule has 0 aliphatic carbocycles. The molecular formula is C25H32N2O4. The van der Waals surface area contributed by atoms with Gasteiger partial charge in [0.1, 0.15) is 11.5 Å². The van der Waals surface area contributed by atoms with Crippen molar-refractivity contribution in [3.63, 3.8) is 0 Å². The second-order valence-electron chi connectivity index (χ2n) is 7.23. The third-order valence-corrected chi connectivity index (χ3v) is 4.65. The van der Waals surface area contributed by atoms with E-state index in [1.54, 1.807) is 54.7 Å². The SMILES string of the molecule is CCCCCCCCC(=O)NN=Cc1ccc(OC(=O)c2ccc(OCC)cc2)cc1. The van der Waals surface area contributed by atoms with E-state index >= 15 is 0 Å². The maximum atomic E-state index is 12.2. The number of ether oxygens (including phenoxy) is 2. The van der Waals surface area contributed by atoms with Gasteiger partial charge in [0.25, 0.3) is 0 Å². The summed E-state index contributed by atoms with van der Waals surface area (Å²) in [7, 11) is 0. The Balaban J connectivity index is 1.73. The fourth-order valence-electron chi connectivity index (χ4n) is 2.94. The molecule has 0 unspecified atom stereocenters. The van der Waals surface area contributed by atoms with Crippen LogP contribution in [-0.2, 0) is 4.79 Å². The van der Waals surface area contributed by atoms with Gasteiger partial charge in [-0.15, -0.1) is 0 Å². The zero-order valence-corrected chi connectivity index (χ0v) is 18.4. The first-order valence-corrected chi connectivity index (χ1v) is 11.0. The number of nitrogens with zero attached hydrogens (tertiary/aromatic N) is 1. The maximum Gasteiger partial charge on any atom is 0.343 e. The summed E-state index contributed by atoms with van der Waals surface area (Å²) in [6, 6.07) is 13.7. The molecule has 0 spiro atoms. The normalized spacial score (nSPS) is 10.8. The van der Waals surface area contributed by atoms with Crippen LogP contribution in [0.25, 0.3) is 0 Å². The third kappa shape index (κ3) is 9.47. The molecule has 0 bridgehead atoms. The summed E-state index contributed by atoms with van der Waals surface area (Å²) < 4.78 is 10.7. The summed E-state index contributed by atoms with van der Waals surface area (Å²) in [4.78, 5) is 24.0. The average molecular weight is 425 g/mol. The molecule has 31 heavy (non-hydrogen) atoms. The summed E-state index contributed by atoms with van der Waals surface area (Å²) in [6.07, 6.45) is 8.92. The number of nitrogens with one attached hydrogen (secondary N) is 1. The fourth-order valence-corrected chi connectivity index (χ4v) is 2.94. The van der Waals surface area contributed by atoms with E-state index in [2.05, 4.69) is 17.5 Å². The van der Waals surface area contributed by atoms with Gasteiger partial charge < -0.3 is 9.47 Å². The minimum atomic E-state index is -0.438. The van der Waals surface area contributed by atoms with Crippen molar-refractivity contribution in [3.8, 4) is 11.5 Å². The number of amides is 1. The van der Waals surface area contributed by atoms with Gasteiger partial charge in [0.05, 0.1) is 18.4 Å². The van der Waals surface area contributed by atoms with E-state index < -0.39 is 5.97 Å². The molecule has 0 atom stereocenters. The van der Waals surface area contributed by atoms with Crippen LogP contribution in [0.4, 0.5) is 0 Å². The number of rotatable bonds is 13. The Morgan fingerprint density at radius 3 is 2.19 bits per heavy atom. The topological polar surface area (TPSA) is 77.0 Å². The molecule has 0 aliphatic heterocycles. The summed E-state index contributed by atoms with van der Waals surface area (Å²) in [5, 5.41) is 3.99. The van der Waals surface area contributed by atoms with Crippen LogP contribution in [0.1, 0.15) is 74.7 Å². The van der Waals surface area contributed by atoms with Crippen LogP contribution in [0, 0.1) is 0 Å². The van der Waals surface area contributed by atoms with Gasteiger partial charge >= 0.3 is 5.97 Å². The molecule has 0 aromatic heterocycles. The predicted molar refractivity (Wildman–Crippen MR) is 123 cm³/mol. The van der Waals surface area contributed by atoms with Crippen molar-refractivity contribution in [2.45, 2.75) is 58.8 Å². The van der Waals surface area contributed by atoms with E-state index in [9.17, 15) is 9.59 Å². The lowest BCUT2D eigenvalue weighted by Crippen LogP contribution is -2.16. The second-order valence-corrected chi connectivity index (χ2v) is 7.23. The minimum absolute atomic E-state index is 0.0763. The number of esters is 1. The van der Waals surface area contributed by atoms with Crippen molar-refractivity contribution in [1.82, 2.24) is 5.43 Å². The maximum absolute atomic E-state index is 12.2. The standard InChI is InChI=1S/C25H32N2O4/c1-3-5-6-7-8-9-10-24(28)27-26-19-20-11-15-23(16-12-20)31-25(29)21-13-17-22(18-14-21)30-4-2/h11-19H,3-10H2,1-2H3,(H,27,28). The van der Waals surface area contributed by atoms with Gasteiger partial charge in [0.2, 0.25) is 5.91 Å². The summed E-state index contributed by atoms with van der Waals surface area (Å²) >= 11 is 0. The monoisotopic (exact) mass is 424 g/mol. The van der Waals surface area contributed by atoms with Gasteiger partial charge in [-0.1, -0.05) is 39.0 Å². The molecule has 2 aromatic rings. The molecule has 0 fully saturated rings. The Morgan fingerprint density at radius 1 is 0.871 bits per heavy atom. The minimum Gasteiger partial charge on any atom is -0.494 e. The van der Waals surface area contributed by atoms with Crippen molar-refractivity contribution in [2.24, 2.45) is 5.10 Å². The van der Waals surface area contributed by atoms with E-state index in [1.165, 1.54) is 25.7 Å². The van der Waals surface area contributed by atoms with Crippen molar-refractivity contribution in [1.29, 1.82) is 0 Å². The van der Waals surface area contributed by atoms with Gasteiger partial charge in [-0.05, 0) is 67.4 Å². The Bertz CT molecular complexity index is 830. The first-order valence-electron chi connectivity index (χ1n) is 11.0. The van der Waals surface area contributed by atoms with Crippen molar-refractivity contribution in [3.05, 3.63) is 59.7 Å². The third-order valence-electron chi connectivity index (χ3n) is 4.65. The Morgan fingerprint density at radius 2 is 1.52 bits per heavy atom. The quantitative estimate of drug-likeness (QED) is 0.151. The van der Waals surface area contributed by atoms with Crippen LogP contribution >= 0.6 is 0 Å². The highest BCUT2D eigenvalue weighted by Gasteiger charge is 2.08. The Kier molecular flexibility index (Phi) is 10.9. The molecule has 6 nitrogen and oxygen atoms in total. The number of hydrazone groups is 1. The van der Waals surface area contributed by atoms with Crippen molar-refractivity contribution in [2.75, 3.05) is 6.61 Å². The molecular weight excluding hydrogens is 392 g/mol.